The minimum atomic E-state index is -1.89. The molecule has 41 heavy (non-hydrogen) atoms. The minimum absolute atomic E-state index is 0.444. The third-order valence-corrected chi connectivity index (χ3v) is 5.42. The number of amides is 2. The molecule has 0 spiro atoms. The van der Waals surface area contributed by atoms with Gasteiger partial charge in [-0.15, -0.1) is 0 Å². The molecule has 0 radical (unpaired) electrons. The van der Waals surface area contributed by atoms with Crippen molar-refractivity contribution in [2.75, 3.05) is 20.2 Å². The van der Waals surface area contributed by atoms with Crippen molar-refractivity contribution in [1.29, 1.82) is 5.26 Å². The minimum Gasteiger partial charge on any atom is -0.502 e. The van der Waals surface area contributed by atoms with Gasteiger partial charge in [0.05, 0.1) is 36.2 Å². The van der Waals surface area contributed by atoms with Gasteiger partial charge in [0, 0.05) is 30.4 Å². The van der Waals surface area contributed by atoms with Crippen LogP contribution in [0.4, 0.5) is 0 Å². The molecule has 1 aromatic carbocycles. The predicted molar refractivity (Wildman–Crippen MR) is 165 cm³/mol. The zero-order chi connectivity index (χ0) is 32.0. The number of allylic oxidation sites excluding steroid dienone is 1. The molecule has 2 rings (SSSR count). The summed E-state index contributed by atoms with van der Waals surface area (Å²) in [6.07, 6.45) is -0.700. The van der Waals surface area contributed by atoms with E-state index in [1.165, 1.54) is 4.90 Å². The highest BCUT2D eigenvalue weighted by atomic mass is 16.5. The Morgan fingerprint density at radius 1 is 1.05 bits per heavy atom. The van der Waals surface area contributed by atoms with Gasteiger partial charge >= 0.3 is 0 Å². The highest BCUT2D eigenvalue weighted by Gasteiger charge is 2.33. The van der Waals surface area contributed by atoms with Crippen LogP contribution in [0.25, 0.3) is 11.1 Å². The average Bonchev–Trinajstić information content (AvgIpc) is 3.02. The zero-order valence-corrected chi connectivity index (χ0v) is 26.3. The lowest BCUT2D eigenvalue weighted by atomic mass is 10.0. The molecular formula is C32H50N4O5. The Bertz CT molecular complexity index is 1060. The van der Waals surface area contributed by atoms with Crippen molar-refractivity contribution in [2.24, 2.45) is 0 Å². The lowest BCUT2D eigenvalue weighted by Gasteiger charge is -2.26. The Morgan fingerprint density at radius 3 is 2.02 bits per heavy atom. The number of carbonyl (C=O) groups excluding carboxylic acids is 2. The standard InChI is InChI=1S/C24H30N4O4.C4H8O.2C2H6/c1-4-12-28(13-5-2)24(32)22(30)21(29)23(31)27-16(3)20-11-10-18(15-26-20)19-9-7-6-8-17(19)14-25;1-4(2)5-3;2*1-2/h6-11,15-16,21-22,29-30H,4-5,12-13H2,1-3H3,(H,27,31);1H2,2-3H3;2*1-2H3/t16?,21-,22-;;;/m1.../s1. The summed E-state index contributed by atoms with van der Waals surface area (Å²) in [6.45, 7) is 19.6. The molecule has 0 saturated carbocycles. The highest BCUT2D eigenvalue weighted by molar-refractivity contribution is 5.90. The summed E-state index contributed by atoms with van der Waals surface area (Å²) >= 11 is 0. The van der Waals surface area contributed by atoms with Gasteiger partial charge in [-0.1, -0.05) is 72.4 Å². The number of hydrogen-bond acceptors (Lipinski definition) is 7. The number of aliphatic hydroxyl groups is 2. The van der Waals surface area contributed by atoms with Crippen molar-refractivity contribution in [3.05, 3.63) is 66.2 Å². The van der Waals surface area contributed by atoms with Crippen LogP contribution in [0.5, 0.6) is 0 Å². The molecule has 1 aromatic heterocycles. The molecule has 0 aliphatic heterocycles. The predicted octanol–water partition coefficient (Wildman–Crippen LogP) is 5.39. The number of benzene rings is 1. The summed E-state index contributed by atoms with van der Waals surface area (Å²) < 4.78 is 4.56. The van der Waals surface area contributed by atoms with Crippen LogP contribution in [0.1, 0.15) is 85.5 Å². The van der Waals surface area contributed by atoms with Crippen molar-refractivity contribution in [2.45, 2.75) is 86.5 Å². The van der Waals surface area contributed by atoms with Gasteiger partial charge in [0.2, 0.25) is 0 Å². The monoisotopic (exact) mass is 570 g/mol. The summed E-state index contributed by atoms with van der Waals surface area (Å²) in [5.74, 6) is -0.764. The number of methoxy groups -OCH3 is 1. The molecule has 0 fully saturated rings. The number of ether oxygens (including phenoxy) is 1. The summed E-state index contributed by atoms with van der Waals surface area (Å²) in [6, 6.07) is 12.3. The Morgan fingerprint density at radius 2 is 1.59 bits per heavy atom. The fourth-order valence-electron chi connectivity index (χ4n) is 3.36. The van der Waals surface area contributed by atoms with Gasteiger partial charge in [-0.25, -0.2) is 0 Å². The van der Waals surface area contributed by atoms with Crippen LogP contribution in [0, 0.1) is 11.3 Å². The second-order valence-corrected chi connectivity index (χ2v) is 8.48. The first-order chi connectivity index (χ1) is 19.6. The number of aromatic nitrogens is 1. The SMILES string of the molecule is C=C(C)OC.CC.CC.CCCN(CCC)C(=O)[C@H](O)[C@@H](O)C(=O)NC(C)c1ccc(-c2ccccc2C#N)cn1. The topological polar surface area (TPSA) is 136 Å². The van der Waals surface area contributed by atoms with Gasteiger partial charge in [-0.05, 0) is 38.8 Å². The molecule has 1 heterocycles. The average molecular weight is 571 g/mol. The quantitative estimate of drug-likeness (QED) is 0.308. The summed E-state index contributed by atoms with van der Waals surface area (Å²) in [5, 5.41) is 32.3. The van der Waals surface area contributed by atoms with Crippen LogP contribution in [-0.2, 0) is 14.3 Å². The highest BCUT2D eigenvalue weighted by Crippen LogP contribution is 2.23. The number of nitrogens with zero attached hydrogens (tertiary/aromatic N) is 3. The first kappa shape index (κ1) is 39.4. The Kier molecular flexibility index (Phi) is 22.1. The lowest BCUT2D eigenvalue weighted by Crippen LogP contribution is -2.51. The van der Waals surface area contributed by atoms with Crippen LogP contribution in [-0.4, -0.2) is 64.3 Å². The maximum absolute atomic E-state index is 12.4. The maximum Gasteiger partial charge on any atom is 0.254 e. The van der Waals surface area contributed by atoms with Crippen LogP contribution in [0.3, 0.4) is 0 Å². The van der Waals surface area contributed by atoms with Crippen LogP contribution >= 0.6 is 0 Å². The van der Waals surface area contributed by atoms with Crippen molar-refractivity contribution >= 4 is 11.8 Å². The van der Waals surface area contributed by atoms with E-state index >= 15 is 0 Å². The molecule has 0 saturated heterocycles. The second-order valence-electron chi connectivity index (χ2n) is 8.48. The number of nitriles is 1. The van der Waals surface area contributed by atoms with E-state index in [1.54, 1.807) is 51.4 Å². The molecule has 2 amide bonds. The van der Waals surface area contributed by atoms with E-state index in [0.29, 0.717) is 37.2 Å². The van der Waals surface area contributed by atoms with Crippen LogP contribution in [0.15, 0.2) is 54.9 Å². The van der Waals surface area contributed by atoms with E-state index in [2.05, 4.69) is 27.7 Å². The third-order valence-electron chi connectivity index (χ3n) is 5.42. The van der Waals surface area contributed by atoms with Crippen molar-refractivity contribution in [1.82, 2.24) is 15.2 Å². The number of aliphatic hydroxyl groups excluding tert-OH is 2. The molecule has 228 valence electrons. The lowest BCUT2D eigenvalue weighted by molar-refractivity contribution is -0.153. The summed E-state index contributed by atoms with van der Waals surface area (Å²) in [4.78, 5) is 30.7. The molecule has 2 aromatic rings. The normalized spacial score (nSPS) is 11.7. The van der Waals surface area contributed by atoms with Gasteiger partial charge in [0.1, 0.15) is 0 Å². The first-order valence-corrected chi connectivity index (χ1v) is 14.2. The first-order valence-electron chi connectivity index (χ1n) is 14.2. The molecule has 1 unspecified atom stereocenters. The number of carbonyl (C=O) groups is 2. The Balaban J connectivity index is 0. The molecule has 0 aliphatic carbocycles. The van der Waals surface area contributed by atoms with Gasteiger partial charge in [-0.3, -0.25) is 14.6 Å². The number of rotatable bonds is 11. The molecule has 9 nitrogen and oxygen atoms in total. The molecule has 0 aliphatic rings. The molecule has 3 N–H and O–H groups in total. The smallest absolute Gasteiger partial charge is 0.254 e. The maximum atomic E-state index is 12.4. The van der Waals surface area contributed by atoms with Gasteiger partial charge in [-0.2, -0.15) is 5.26 Å². The number of nitrogens with one attached hydrogen (secondary N) is 1. The largest absolute Gasteiger partial charge is 0.502 e. The van der Waals surface area contributed by atoms with Crippen molar-refractivity contribution in [3.63, 3.8) is 0 Å². The summed E-state index contributed by atoms with van der Waals surface area (Å²) in [5.41, 5.74) is 2.58. The Hall–Kier alpha value is -3.74. The number of pyridine rings is 1. The fourth-order valence-corrected chi connectivity index (χ4v) is 3.36. The van der Waals surface area contributed by atoms with E-state index in [4.69, 9.17) is 0 Å². The van der Waals surface area contributed by atoms with E-state index < -0.39 is 30.1 Å². The van der Waals surface area contributed by atoms with E-state index in [9.17, 15) is 25.1 Å². The molecule has 3 atom stereocenters. The Labute approximate surface area is 246 Å². The molecule has 9 heteroatoms. The van der Waals surface area contributed by atoms with E-state index in [0.717, 1.165) is 16.9 Å². The second kappa shape index (κ2) is 23.0. The number of hydrogen-bond donors (Lipinski definition) is 3. The van der Waals surface area contributed by atoms with Crippen LogP contribution < -0.4 is 5.32 Å². The van der Waals surface area contributed by atoms with Gasteiger partial charge in [0.15, 0.2) is 12.2 Å². The van der Waals surface area contributed by atoms with Crippen LogP contribution in [0.2, 0.25) is 0 Å². The fraction of sp³-hybridized carbons (Fsp3) is 0.500. The third kappa shape index (κ3) is 13.9. The van der Waals surface area contributed by atoms with Crippen molar-refractivity contribution < 1.29 is 24.5 Å². The molecular weight excluding hydrogens is 520 g/mol. The van der Waals surface area contributed by atoms with E-state index in [1.807, 2.05) is 53.7 Å². The summed E-state index contributed by atoms with van der Waals surface area (Å²) in [7, 11) is 1.60. The van der Waals surface area contributed by atoms with Gasteiger partial charge < -0.3 is 25.2 Å². The van der Waals surface area contributed by atoms with Gasteiger partial charge in [0.25, 0.3) is 11.8 Å². The van der Waals surface area contributed by atoms with E-state index in [-0.39, 0.29) is 0 Å². The molecule has 0 bridgehead atoms. The zero-order valence-electron chi connectivity index (χ0n) is 26.3. The van der Waals surface area contributed by atoms with Crippen molar-refractivity contribution in [3.8, 4) is 17.2 Å².